The summed E-state index contributed by atoms with van der Waals surface area (Å²) in [7, 11) is 0. The van der Waals surface area contributed by atoms with Crippen molar-refractivity contribution in [2.24, 2.45) is 11.3 Å². The monoisotopic (exact) mass is 442 g/mol. The molecule has 1 saturated heterocycles. The maximum Gasteiger partial charge on any atom is 0.295 e. The van der Waals surface area contributed by atoms with E-state index in [0.717, 1.165) is 0 Å². The summed E-state index contributed by atoms with van der Waals surface area (Å²) in [6, 6.07) is 12.7. The molecule has 2 aromatic heterocycles. The van der Waals surface area contributed by atoms with Crippen molar-refractivity contribution in [2.75, 3.05) is 4.90 Å². The van der Waals surface area contributed by atoms with Gasteiger partial charge in [0.25, 0.3) is 5.91 Å². The molecule has 5 rings (SSSR count). The van der Waals surface area contributed by atoms with Gasteiger partial charge >= 0.3 is 0 Å². The van der Waals surface area contributed by atoms with Gasteiger partial charge in [-0.05, 0) is 30.3 Å². The highest BCUT2D eigenvalue weighted by Gasteiger charge is 2.54. The Morgan fingerprint density at radius 2 is 1.88 bits per heavy atom. The molecule has 2 aromatic carbocycles. The molecule has 0 bridgehead atoms. The van der Waals surface area contributed by atoms with Crippen molar-refractivity contribution in [3.05, 3.63) is 60.6 Å². The standard InChI is InChI=1S/C25H22N4O4/c1-25(2,3)23(32)19-21(16-9-7-13-5-4-6-18(30)20(13)28-16)29(24(33)22(19)31)14-8-10-15-17(11-14)27-12-26-15/h4-12,19,21,30H,1-3H3,(H,26,27). The number of amides is 1. The van der Waals surface area contributed by atoms with Crippen LogP contribution in [0.5, 0.6) is 5.75 Å². The predicted molar refractivity (Wildman–Crippen MR) is 123 cm³/mol. The lowest BCUT2D eigenvalue weighted by atomic mass is 9.78. The van der Waals surface area contributed by atoms with E-state index in [1.54, 1.807) is 69.6 Å². The number of ketones is 2. The zero-order valence-corrected chi connectivity index (χ0v) is 18.4. The number of fused-ring (bicyclic) bond motifs is 2. The summed E-state index contributed by atoms with van der Waals surface area (Å²) in [5.41, 5.74) is 1.72. The fraction of sp³-hybridized carbons (Fsp3) is 0.240. The third-order valence-corrected chi connectivity index (χ3v) is 6.03. The van der Waals surface area contributed by atoms with Crippen molar-refractivity contribution < 1.29 is 19.5 Å². The SMILES string of the molecule is CC(C)(C)C(=O)C1C(=O)C(=O)N(c2ccc3nc[nH]c3c2)C1c1ccc2cccc(O)c2n1. The Bertz CT molecular complexity index is 1450. The van der Waals surface area contributed by atoms with E-state index in [9.17, 15) is 19.5 Å². The Morgan fingerprint density at radius 1 is 1.09 bits per heavy atom. The number of aromatic nitrogens is 3. The van der Waals surface area contributed by atoms with Gasteiger partial charge in [0.15, 0.2) is 5.78 Å². The van der Waals surface area contributed by atoms with Gasteiger partial charge in [-0.25, -0.2) is 9.97 Å². The molecule has 1 fully saturated rings. The maximum atomic E-state index is 13.4. The summed E-state index contributed by atoms with van der Waals surface area (Å²) < 4.78 is 0. The molecular formula is C25H22N4O4. The number of hydrogen-bond donors (Lipinski definition) is 2. The topological polar surface area (TPSA) is 116 Å². The first-order valence-corrected chi connectivity index (χ1v) is 10.6. The Balaban J connectivity index is 1.73. The largest absolute Gasteiger partial charge is 0.506 e. The number of Topliss-reactive ketones (excluding diaryl/α,β-unsaturated/α-hetero) is 2. The minimum absolute atomic E-state index is 0.0193. The van der Waals surface area contributed by atoms with Crippen LogP contribution in [0.3, 0.4) is 0 Å². The fourth-order valence-electron chi connectivity index (χ4n) is 4.37. The van der Waals surface area contributed by atoms with Crippen LogP contribution < -0.4 is 4.90 Å². The van der Waals surface area contributed by atoms with E-state index in [-0.39, 0.29) is 11.5 Å². The molecular weight excluding hydrogens is 420 g/mol. The molecule has 8 heteroatoms. The number of phenols is 1. The van der Waals surface area contributed by atoms with Crippen molar-refractivity contribution in [3.8, 4) is 5.75 Å². The number of aromatic hydroxyl groups is 1. The summed E-state index contributed by atoms with van der Waals surface area (Å²) in [4.78, 5) is 53.0. The minimum Gasteiger partial charge on any atom is -0.506 e. The smallest absolute Gasteiger partial charge is 0.295 e. The number of carbonyl (C=O) groups excluding carboxylic acids is 3. The number of H-pyrrole nitrogens is 1. The molecule has 0 spiro atoms. The van der Waals surface area contributed by atoms with E-state index in [4.69, 9.17) is 0 Å². The second kappa shape index (κ2) is 7.23. The molecule has 1 aliphatic heterocycles. The highest BCUT2D eigenvalue weighted by molar-refractivity contribution is 6.48. The number of phenolic OH excluding ortho intramolecular Hbond substituents is 1. The minimum atomic E-state index is -1.22. The second-order valence-electron chi connectivity index (χ2n) is 9.27. The molecule has 2 unspecified atom stereocenters. The second-order valence-corrected chi connectivity index (χ2v) is 9.27. The van der Waals surface area contributed by atoms with Crippen molar-refractivity contribution in [3.63, 3.8) is 0 Å². The molecule has 4 aromatic rings. The average molecular weight is 442 g/mol. The van der Waals surface area contributed by atoms with Crippen LogP contribution in [0, 0.1) is 11.3 Å². The summed E-state index contributed by atoms with van der Waals surface area (Å²) >= 11 is 0. The first kappa shape index (κ1) is 20.8. The highest BCUT2D eigenvalue weighted by Crippen LogP contribution is 2.43. The van der Waals surface area contributed by atoms with E-state index in [2.05, 4.69) is 15.0 Å². The predicted octanol–water partition coefficient (Wildman–Crippen LogP) is 3.71. The zero-order chi connectivity index (χ0) is 23.5. The van der Waals surface area contributed by atoms with Gasteiger partial charge in [-0.15, -0.1) is 0 Å². The number of para-hydroxylation sites is 1. The van der Waals surface area contributed by atoms with Crippen molar-refractivity contribution in [1.82, 2.24) is 15.0 Å². The van der Waals surface area contributed by atoms with Crippen molar-refractivity contribution >= 4 is 45.1 Å². The normalized spacial score (nSPS) is 19.1. The molecule has 2 atom stereocenters. The summed E-state index contributed by atoms with van der Waals surface area (Å²) in [6.07, 6.45) is 1.54. The number of rotatable bonds is 3. The Morgan fingerprint density at radius 3 is 2.64 bits per heavy atom. The number of nitrogens with one attached hydrogen (secondary N) is 1. The fourth-order valence-corrected chi connectivity index (χ4v) is 4.37. The average Bonchev–Trinajstić information content (AvgIpc) is 3.35. The zero-order valence-electron chi connectivity index (χ0n) is 18.4. The van der Waals surface area contributed by atoms with Crippen molar-refractivity contribution in [2.45, 2.75) is 26.8 Å². The van der Waals surface area contributed by atoms with Gasteiger partial charge in [0.2, 0.25) is 5.78 Å². The van der Waals surface area contributed by atoms with E-state index in [1.165, 1.54) is 11.0 Å². The molecule has 0 radical (unpaired) electrons. The van der Waals surface area contributed by atoms with Gasteiger partial charge in [-0.2, -0.15) is 0 Å². The molecule has 3 heterocycles. The molecule has 1 aliphatic rings. The highest BCUT2D eigenvalue weighted by atomic mass is 16.3. The number of aromatic amines is 1. The number of hydrogen-bond acceptors (Lipinski definition) is 6. The summed E-state index contributed by atoms with van der Waals surface area (Å²) in [5, 5.41) is 11.0. The maximum absolute atomic E-state index is 13.4. The lowest BCUT2D eigenvalue weighted by Gasteiger charge is -2.29. The van der Waals surface area contributed by atoms with E-state index < -0.39 is 29.1 Å². The van der Waals surface area contributed by atoms with Crippen LogP contribution in [0.2, 0.25) is 0 Å². The van der Waals surface area contributed by atoms with Crippen LogP contribution in [-0.4, -0.2) is 37.5 Å². The van der Waals surface area contributed by atoms with Crippen LogP contribution >= 0.6 is 0 Å². The van der Waals surface area contributed by atoms with Crippen LogP contribution in [-0.2, 0) is 14.4 Å². The number of pyridine rings is 1. The Hall–Kier alpha value is -4.07. The van der Waals surface area contributed by atoms with E-state index in [1.807, 2.05) is 0 Å². The van der Waals surface area contributed by atoms with Crippen LogP contribution in [0.4, 0.5) is 5.69 Å². The third-order valence-electron chi connectivity index (χ3n) is 6.03. The quantitative estimate of drug-likeness (QED) is 0.369. The molecule has 1 amide bonds. The number of benzene rings is 2. The number of anilines is 1. The van der Waals surface area contributed by atoms with Gasteiger partial charge in [-0.1, -0.05) is 39.0 Å². The van der Waals surface area contributed by atoms with E-state index in [0.29, 0.717) is 33.3 Å². The molecule has 166 valence electrons. The molecule has 2 N–H and O–H groups in total. The van der Waals surface area contributed by atoms with Gasteiger partial charge in [0.05, 0.1) is 29.1 Å². The molecule has 33 heavy (non-hydrogen) atoms. The first-order chi connectivity index (χ1) is 15.7. The molecule has 8 nitrogen and oxygen atoms in total. The number of carbonyl (C=O) groups is 3. The first-order valence-electron chi connectivity index (χ1n) is 10.6. The van der Waals surface area contributed by atoms with Gasteiger partial charge < -0.3 is 10.1 Å². The van der Waals surface area contributed by atoms with Crippen molar-refractivity contribution in [1.29, 1.82) is 0 Å². The van der Waals surface area contributed by atoms with Crippen LogP contribution in [0.25, 0.3) is 21.9 Å². The Kier molecular flexibility index (Phi) is 4.56. The van der Waals surface area contributed by atoms with Gasteiger partial charge in [-0.3, -0.25) is 19.3 Å². The third kappa shape index (κ3) is 3.26. The van der Waals surface area contributed by atoms with Crippen LogP contribution in [0.1, 0.15) is 32.5 Å². The van der Waals surface area contributed by atoms with Crippen LogP contribution in [0.15, 0.2) is 54.9 Å². The number of nitrogens with zero attached hydrogens (tertiary/aromatic N) is 3. The van der Waals surface area contributed by atoms with E-state index >= 15 is 0 Å². The lowest BCUT2D eigenvalue weighted by Crippen LogP contribution is -2.36. The summed E-state index contributed by atoms with van der Waals surface area (Å²) in [6.45, 7) is 5.18. The van der Waals surface area contributed by atoms with Gasteiger partial charge in [0, 0.05) is 16.5 Å². The Labute approximate surface area is 189 Å². The molecule has 0 aliphatic carbocycles. The van der Waals surface area contributed by atoms with Gasteiger partial charge in [0.1, 0.15) is 17.2 Å². The lowest BCUT2D eigenvalue weighted by molar-refractivity contribution is -0.141. The summed E-state index contributed by atoms with van der Waals surface area (Å²) in [5.74, 6) is -3.10. The number of imidazole rings is 1. The molecule has 0 saturated carbocycles.